The van der Waals surface area contributed by atoms with Gasteiger partial charge in [-0.25, -0.2) is 0 Å². The van der Waals surface area contributed by atoms with Crippen LogP contribution in [0.2, 0.25) is 0 Å². The Labute approximate surface area is 225 Å². The highest BCUT2D eigenvalue weighted by Gasteiger charge is 2.34. The molecule has 3 amide bonds. The third-order valence-corrected chi connectivity index (χ3v) is 6.60. The first-order valence-electron chi connectivity index (χ1n) is 11.9. The molecule has 3 aromatic rings. The number of thioether (sulfide) groups is 1. The van der Waals surface area contributed by atoms with Crippen LogP contribution >= 0.6 is 11.8 Å². The number of hydrogen-bond acceptors (Lipinski definition) is 7. The third kappa shape index (κ3) is 6.74. The van der Waals surface area contributed by atoms with E-state index >= 15 is 0 Å². The monoisotopic (exact) mass is 532 g/mol. The largest absolute Gasteiger partial charge is 0.493 e. The predicted octanol–water partition coefficient (Wildman–Crippen LogP) is 5.44. The Kier molecular flexibility index (Phi) is 8.70. The fourth-order valence-electron chi connectivity index (χ4n) is 3.81. The molecule has 1 heterocycles. The number of hydrogen-bond donors (Lipinski definition) is 1. The fraction of sp³-hybridized carbons (Fsp3) is 0.207. The van der Waals surface area contributed by atoms with Gasteiger partial charge in [0.1, 0.15) is 12.4 Å². The van der Waals surface area contributed by atoms with Crippen molar-refractivity contribution >= 4 is 40.6 Å². The number of carbonyl (C=O) groups excluding carboxylic acids is 3. The highest BCUT2D eigenvalue weighted by atomic mass is 32.2. The van der Waals surface area contributed by atoms with Crippen molar-refractivity contribution in [3.8, 4) is 17.2 Å². The highest BCUT2D eigenvalue weighted by Crippen LogP contribution is 2.33. The number of benzene rings is 3. The van der Waals surface area contributed by atoms with E-state index in [2.05, 4.69) is 5.32 Å². The number of amides is 3. The van der Waals surface area contributed by atoms with Crippen LogP contribution in [-0.4, -0.2) is 48.8 Å². The lowest BCUT2D eigenvalue weighted by atomic mass is 10.1. The molecular weight excluding hydrogens is 504 g/mol. The molecule has 1 aliphatic rings. The van der Waals surface area contributed by atoms with Gasteiger partial charge in [-0.1, -0.05) is 42.0 Å². The normalized spacial score (nSPS) is 14.1. The lowest BCUT2D eigenvalue weighted by molar-refractivity contribution is -0.123. The number of carbonyl (C=O) groups is 3. The van der Waals surface area contributed by atoms with Gasteiger partial charge in [-0.2, -0.15) is 0 Å². The summed E-state index contributed by atoms with van der Waals surface area (Å²) < 4.78 is 16.6. The maximum atomic E-state index is 12.9. The van der Waals surface area contributed by atoms with Gasteiger partial charge in [0, 0.05) is 5.69 Å². The summed E-state index contributed by atoms with van der Waals surface area (Å²) >= 11 is 0.872. The molecule has 0 saturated carbocycles. The molecule has 8 nitrogen and oxygen atoms in total. The Bertz CT molecular complexity index is 1390. The van der Waals surface area contributed by atoms with Gasteiger partial charge >= 0.3 is 0 Å². The van der Waals surface area contributed by atoms with Crippen LogP contribution in [-0.2, 0) is 9.59 Å². The molecule has 9 heteroatoms. The van der Waals surface area contributed by atoms with E-state index in [9.17, 15) is 14.4 Å². The van der Waals surface area contributed by atoms with Crippen LogP contribution in [0.4, 0.5) is 10.5 Å². The topological polar surface area (TPSA) is 94.2 Å². The van der Waals surface area contributed by atoms with Crippen molar-refractivity contribution in [2.75, 3.05) is 32.2 Å². The first-order valence-corrected chi connectivity index (χ1v) is 12.8. The minimum absolute atomic E-state index is 0.110. The van der Waals surface area contributed by atoms with Crippen LogP contribution in [0.15, 0.2) is 71.6 Å². The summed E-state index contributed by atoms with van der Waals surface area (Å²) in [7, 11) is 1.55. The third-order valence-electron chi connectivity index (χ3n) is 5.70. The molecule has 196 valence electrons. The van der Waals surface area contributed by atoms with E-state index < -0.39 is 0 Å². The maximum Gasteiger partial charge on any atom is 0.293 e. The Morgan fingerprint density at radius 1 is 0.974 bits per heavy atom. The lowest BCUT2D eigenvalue weighted by Crippen LogP contribution is -2.32. The molecule has 3 aromatic carbocycles. The van der Waals surface area contributed by atoms with E-state index in [0.29, 0.717) is 27.7 Å². The average molecular weight is 533 g/mol. The smallest absolute Gasteiger partial charge is 0.293 e. The molecule has 1 aliphatic heterocycles. The van der Waals surface area contributed by atoms with Gasteiger partial charge in [0.25, 0.3) is 17.1 Å². The lowest BCUT2D eigenvalue weighted by Gasteiger charge is -2.14. The van der Waals surface area contributed by atoms with Gasteiger partial charge in [-0.05, 0) is 73.1 Å². The number of para-hydroxylation sites is 2. The molecule has 0 aromatic heterocycles. The van der Waals surface area contributed by atoms with Crippen molar-refractivity contribution in [3.63, 3.8) is 0 Å². The van der Waals surface area contributed by atoms with Gasteiger partial charge in [0.2, 0.25) is 0 Å². The number of aryl methyl sites for hydroxylation is 2. The Balaban J connectivity index is 1.33. The summed E-state index contributed by atoms with van der Waals surface area (Å²) in [6, 6.07) is 20.0. The maximum absolute atomic E-state index is 12.9. The van der Waals surface area contributed by atoms with Crippen molar-refractivity contribution in [1.29, 1.82) is 0 Å². The van der Waals surface area contributed by atoms with Crippen LogP contribution in [0.5, 0.6) is 17.2 Å². The second-order valence-electron chi connectivity index (χ2n) is 8.56. The van der Waals surface area contributed by atoms with Crippen LogP contribution in [0.25, 0.3) is 6.08 Å². The molecule has 0 aliphatic carbocycles. The second-order valence-corrected chi connectivity index (χ2v) is 9.55. The second kappa shape index (κ2) is 12.3. The number of ether oxygens (including phenoxy) is 3. The molecule has 4 rings (SSSR count). The van der Waals surface area contributed by atoms with E-state index in [1.807, 2.05) is 44.2 Å². The predicted molar refractivity (Wildman–Crippen MR) is 148 cm³/mol. The molecule has 0 bridgehead atoms. The summed E-state index contributed by atoms with van der Waals surface area (Å²) in [5.74, 6) is 0.920. The van der Waals surface area contributed by atoms with Crippen molar-refractivity contribution in [2.24, 2.45) is 0 Å². The number of anilines is 1. The Morgan fingerprint density at radius 3 is 2.53 bits per heavy atom. The first kappa shape index (κ1) is 26.8. The first-order chi connectivity index (χ1) is 18.3. The van der Waals surface area contributed by atoms with Gasteiger partial charge in [-0.15, -0.1) is 0 Å². The molecule has 0 spiro atoms. The molecule has 0 radical (unpaired) electrons. The van der Waals surface area contributed by atoms with E-state index in [1.54, 1.807) is 49.6 Å². The van der Waals surface area contributed by atoms with Gasteiger partial charge in [0.05, 0.1) is 18.6 Å². The Morgan fingerprint density at radius 2 is 1.76 bits per heavy atom. The van der Waals surface area contributed by atoms with E-state index in [4.69, 9.17) is 14.2 Å². The van der Waals surface area contributed by atoms with Crippen LogP contribution < -0.4 is 19.5 Å². The molecule has 0 unspecified atom stereocenters. The highest BCUT2D eigenvalue weighted by molar-refractivity contribution is 8.18. The summed E-state index contributed by atoms with van der Waals surface area (Å²) in [6.07, 6.45) is 1.63. The number of methoxy groups -OCH3 is 1. The van der Waals surface area contributed by atoms with E-state index in [1.165, 1.54) is 0 Å². The van der Waals surface area contributed by atoms with Crippen LogP contribution in [0, 0.1) is 13.8 Å². The zero-order chi connectivity index (χ0) is 27.1. The van der Waals surface area contributed by atoms with Crippen LogP contribution in [0.1, 0.15) is 16.7 Å². The van der Waals surface area contributed by atoms with Crippen molar-refractivity contribution in [3.05, 3.63) is 88.3 Å². The fourth-order valence-corrected chi connectivity index (χ4v) is 4.68. The summed E-state index contributed by atoms with van der Waals surface area (Å²) in [5, 5.41) is 2.49. The number of rotatable bonds is 10. The minimum atomic E-state index is -0.386. The van der Waals surface area contributed by atoms with Crippen molar-refractivity contribution < 1.29 is 28.6 Å². The SMILES string of the molecule is COc1ccccc1OCCN1C(=O)S/C(=C\c2cccc(OCC(=O)Nc3ccc(C)cc3C)c2)C1=O. The van der Waals surface area contributed by atoms with Gasteiger partial charge < -0.3 is 19.5 Å². The van der Waals surface area contributed by atoms with E-state index in [-0.39, 0.29) is 36.8 Å². The Hall–Kier alpha value is -4.24. The van der Waals surface area contributed by atoms with Gasteiger partial charge in [0.15, 0.2) is 18.1 Å². The average Bonchev–Trinajstić information content (AvgIpc) is 3.17. The number of nitrogens with one attached hydrogen (secondary N) is 1. The summed E-state index contributed by atoms with van der Waals surface area (Å²) in [5.41, 5.74) is 3.50. The summed E-state index contributed by atoms with van der Waals surface area (Å²) in [4.78, 5) is 39.1. The molecule has 1 N–H and O–H groups in total. The molecule has 1 fully saturated rings. The molecule has 0 atom stereocenters. The number of imide groups is 1. The molecule has 1 saturated heterocycles. The van der Waals surface area contributed by atoms with E-state index in [0.717, 1.165) is 33.5 Å². The molecular formula is C29H28N2O6S. The number of nitrogens with zero attached hydrogens (tertiary/aromatic N) is 1. The quantitative estimate of drug-likeness (QED) is 0.347. The molecule has 38 heavy (non-hydrogen) atoms. The van der Waals surface area contributed by atoms with Crippen molar-refractivity contribution in [1.82, 2.24) is 4.90 Å². The van der Waals surface area contributed by atoms with Crippen molar-refractivity contribution in [2.45, 2.75) is 13.8 Å². The zero-order valence-electron chi connectivity index (χ0n) is 21.4. The van der Waals surface area contributed by atoms with Gasteiger partial charge in [-0.3, -0.25) is 19.3 Å². The minimum Gasteiger partial charge on any atom is -0.493 e. The standard InChI is InChI=1S/C29H28N2O6S/c1-19-11-12-23(20(2)15-19)30-27(32)18-37-22-8-6-7-21(16-22)17-26-28(33)31(29(34)38-26)13-14-36-25-10-5-4-9-24(25)35-3/h4-12,15-17H,13-14,18H2,1-3H3,(H,30,32)/b26-17-. The summed E-state index contributed by atoms with van der Waals surface area (Å²) in [6.45, 7) is 4.01. The van der Waals surface area contributed by atoms with Crippen LogP contribution in [0.3, 0.4) is 0 Å². The zero-order valence-corrected chi connectivity index (χ0v) is 22.2.